The summed E-state index contributed by atoms with van der Waals surface area (Å²) in [6.07, 6.45) is 6.38. The molecule has 0 unspecified atom stereocenters. The number of fused-ring (bicyclic) bond motifs is 1. The lowest BCUT2D eigenvalue weighted by Crippen LogP contribution is -2.30. The maximum atomic E-state index is 12.1. The zero-order valence-corrected chi connectivity index (χ0v) is 11.4. The summed E-state index contributed by atoms with van der Waals surface area (Å²) in [6.45, 7) is 0.318. The molecule has 0 radical (unpaired) electrons. The average Bonchev–Trinajstić information content (AvgIpc) is 3.05. The van der Waals surface area contributed by atoms with Crippen molar-refractivity contribution >= 4 is 22.2 Å². The van der Waals surface area contributed by atoms with Crippen LogP contribution in [-0.4, -0.2) is 25.1 Å². The molecule has 7 nitrogen and oxygen atoms in total. The highest BCUT2D eigenvalue weighted by atomic mass is 32.1. The second-order valence-corrected chi connectivity index (χ2v) is 5.11. The van der Waals surface area contributed by atoms with E-state index in [9.17, 15) is 9.59 Å². The molecule has 0 aliphatic rings. The molecule has 0 bridgehead atoms. The quantitative estimate of drug-likeness (QED) is 0.757. The summed E-state index contributed by atoms with van der Waals surface area (Å²) in [5.41, 5.74) is 0.537. The van der Waals surface area contributed by atoms with Gasteiger partial charge < -0.3 is 5.32 Å². The minimum absolute atomic E-state index is 0.0322. The maximum absolute atomic E-state index is 12.1. The molecule has 0 saturated heterocycles. The van der Waals surface area contributed by atoms with Gasteiger partial charge in [-0.15, -0.1) is 11.3 Å². The topological polar surface area (TPSA) is 81.3 Å². The maximum Gasteiger partial charge on any atom is 0.271 e. The van der Waals surface area contributed by atoms with Gasteiger partial charge in [0, 0.05) is 43.1 Å². The average molecular weight is 289 g/mol. The standard InChI is InChI=1S/C12H11N5O2S/c1-16-7-8(5-15-16)4-13-10(18)9-6-14-12-17(11(9)19)2-3-20-12/h2-3,5-7H,4H2,1H3,(H,13,18). The monoisotopic (exact) mass is 289 g/mol. The van der Waals surface area contributed by atoms with Crippen molar-refractivity contribution < 1.29 is 4.79 Å². The van der Waals surface area contributed by atoms with Gasteiger partial charge in [-0.2, -0.15) is 5.10 Å². The number of rotatable bonds is 3. The Labute approximate surface area is 117 Å². The number of nitrogens with one attached hydrogen (secondary N) is 1. The molecule has 0 saturated carbocycles. The highest BCUT2D eigenvalue weighted by Gasteiger charge is 2.13. The Balaban J connectivity index is 1.82. The van der Waals surface area contributed by atoms with Crippen molar-refractivity contribution in [1.82, 2.24) is 24.5 Å². The number of aryl methyl sites for hydroxylation is 1. The normalized spacial score (nSPS) is 10.8. The molecule has 0 atom stereocenters. The first kappa shape index (κ1) is 12.5. The third kappa shape index (κ3) is 2.21. The summed E-state index contributed by atoms with van der Waals surface area (Å²) in [7, 11) is 1.80. The SMILES string of the molecule is Cn1cc(CNC(=O)c2cnc3sccn3c2=O)cn1. The molecule has 0 aliphatic carbocycles. The summed E-state index contributed by atoms with van der Waals surface area (Å²) >= 11 is 1.34. The third-order valence-corrected chi connectivity index (χ3v) is 3.57. The van der Waals surface area contributed by atoms with E-state index < -0.39 is 5.91 Å². The number of aromatic nitrogens is 4. The number of hydrogen-bond donors (Lipinski definition) is 1. The van der Waals surface area contributed by atoms with Crippen LogP contribution in [0, 0.1) is 0 Å². The van der Waals surface area contributed by atoms with Gasteiger partial charge in [0.1, 0.15) is 5.56 Å². The molecule has 8 heteroatoms. The molecule has 3 rings (SSSR count). The zero-order chi connectivity index (χ0) is 14.1. The van der Waals surface area contributed by atoms with E-state index in [0.29, 0.717) is 11.5 Å². The third-order valence-electron chi connectivity index (χ3n) is 2.80. The summed E-state index contributed by atoms with van der Waals surface area (Å²) in [4.78, 5) is 28.8. The Hall–Kier alpha value is -2.48. The van der Waals surface area contributed by atoms with Gasteiger partial charge in [0.25, 0.3) is 11.5 Å². The molecule has 1 N–H and O–H groups in total. The van der Waals surface area contributed by atoms with Crippen LogP contribution in [0.4, 0.5) is 0 Å². The summed E-state index contributed by atoms with van der Waals surface area (Å²) in [5.74, 6) is -0.438. The number of carbonyl (C=O) groups is 1. The molecule has 1 amide bonds. The van der Waals surface area contributed by atoms with Crippen LogP contribution in [0.3, 0.4) is 0 Å². The van der Waals surface area contributed by atoms with Crippen molar-refractivity contribution in [3.05, 3.63) is 51.6 Å². The molecular weight excluding hydrogens is 278 g/mol. The zero-order valence-electron chi connectivity index (χ0n) is 10.6. The van der Waals surface area contributed by atoms with Gasteiger partial charge >= 0.3 is 0 Å². The van der Waals surface area contributed by atoms with Crippen molar-refractivity contribution in [1.29, 1.82) is 0 Å². The van der Waals surface area contributed by atoms with Crippen LogP contribution in [-0.2, 0) is 13.6 Å². The molecule has 3 aromatic heterocycles. The Bertz CT molecular complexity index is 832. The van der Waals surface area contributed by atoms with Gasteiger partial charge in [-0.05, 0) is 0 Å². The van der Waals surface area contributed by atoms with E-state index in [-0.39, 0.29) is 11.1 Å². The van der Waals surface area contributed by atoms with Crippen molar-refractivity contribution in [2.24, 2.45) is 7.05 Å². The van der Waals surface area contributed by atoms with Crippen LogP contribution >= 0.6 is 11.3 Å². The van der Waals surface area contributed by atoms with Crippen molar-refractivity contribution in [2.75, 3.05) is 0 Å². The molecule has 3 heterocycles. The molecule has 0 fully saturated rings. The number of thiazole rings is 1. The highest BCUT2D eigenvalue weighted by molar-refractivity contribution is 7.15. The molecular formula is C12H11N5O2S. The number of nitrogens with zero attached hydrogens (tertiary/aromatic N) is 4. The minimum Gasteiger partial charge on any atom is -0.348 e. The Morgan fingerprint density at radius 1 is 1.45 bits per heavy atom. The molecule has 3 aromatic rings. The summed E-state index contributed by atoms with van der Waals surface area (Å²) in [6, 6.07) is 0. The minimum atomic E-state index is -0.438. The molecule has 0 spiro atoms. The first-order chi connectivity index (χ1) is 9.65. The smallest absolute Gasteiger partial charge is 0.271 e. The predicted molar refractivity (Wildman–Crippen MR) is 73.7 cm³/mol. The van der Waals surface area contributed by atoms with Crippen molar-refractivity contribution in [3.63, 3.8) is 0 Å². The lowest BCUT2D eigenvalue weighted by molar-refractivity contribution is 0.0949. The van der Waals surface area contributed by atoms with Crippen LogP contribution in [0.15, 0.2) is 35.0 Å². The van der Waals surface area contributed by atoms with Gasteiger partial charge in [-0.1, -0.05) is 0 Å². The van der Waals surface area contributed by atoms with E-state index in [2.05, 4.69) is 15.4 Å². The lowest BCUT2D eigenvalue weighted by atomic mass is 10.3. The fraction of sp³-hybridized carbons (Fsp3) is 0.167. The van der Waals surface area contributed by atoms with Crippen LogP contribution < -0.4 is 10.9 Å². The van der Waals surface area contributed by atoms with Crippen LogP contribution in [0.1, 0.15) is 15.9 Å². The van der Waals surface area contributed by atoms with E-state index in [1.165, 1.54) is 21.9 Å². The first-order valence-electron chi connectivity index (χ1n) is 5.86. The Kier molecular flexibility index (Phi) is 3.07. The number of amides is 1. The lowest BCUT2D eigenvalue weighted by Gasteiger charge is -2.03. The highest BCUT2D eigenvalue weighted by Crippen LogP contribution is 2.05. The van der Waals surface area contributed by atoms with E-state index >= 15 is 0 Å². The van der Waals surface area contributed by atoms with Crippen molar-refractivity contribution in [3.8, 4) is 0 Å². The van der Waals surface area contributed by atoms with E-state index in [4.69, 9.17) is 0 Å². The van der Waals surface area contributed by atoms with Crippen molar-refractivity contribution in [2.45, 2.75) is 6.54 Å². The fourth-order valence-corrected chi connectivity index (χ4v) is 2.50. The van der Waals surface area contributed by atoms with E-state index in [1.807, 2.05) is 0 Å². The second kappa shape index (κ2) is 4.89. The van der Waals surface area contributed by atoms with Crippen LogP contribution in [0.5, 0.6) is 0 Å². The van der Waals surface area contributed by atoms with Gasteiger partial charge in [-0.3, -0.25) is 18.7 Å². The summed E-state index contributed by atoms with van der Waals surface area (Å²) in [5, 5.41) is 8.44. The van der Waals surface area contributed by atoms with Gasteiger partial charge in [0.05, 0.1) is 6.20 Å². The molecule has 0 aromatic carbocycles. The van der Waals surface area contributed by atoms with Gasteiger partial charge in [0.2, 0.25) is 0 Å². The first-order valence-corrected chi connectivity index (χ1v) is 6.74. The van der Waals surface area contributed by atoms with Gasteiger partial charge in [0.15, 0.2) is 4.96 Å². The predicted octanol–water partition coefficient (Wildman–Crippen LogP) is 0.419. The molecule has 102 valence electrons. The fourth-order valence-electron chi connectivity index (χ4n) is 1.82. The number of hydrogen-bond acceptors (Lipinski definition) is 5. The Morgan fingerprint density at radius 2 is 2.30 bits per heavy atom. The largest absolute Gasteiger partial charge is 0.348 e. The van der Waals surface area contributed by atoms with Crippen LogP contribution in [0.25, 0.3) is 4.96 Å². The van der Waals surface area contributed by atoms with E-state index in [1.54, 1.807) is 35.7 Å². The van der Waals surface area contributed by atoms with E-state index in [0.717, 1.165) is 5.56 Å². The Morgan fingerprint density at radius 3 is 3.05 bits per heavy atom. The molecule has 20 heavy (non-hydrogen) atoms. The number of carbonyl (C=O) groups excluding carboxylic acids is 1. The van der Waals surface area contributed by atoms with Gasteiger partial charge in [-0.25, -0.2) is 4.98 Å². The molecule has 0 aliphatic heterocycles. The summed E-state index contributed by atoms with van der Waals surface area (Å²) < 4.78 is 3.01. The second-order valence-electron chi connectivity index (χ2n) is 4.24. The van der Waals surface area contributed by atoms with Crippen LogP contribution in [0.2, 0.25) is 0 Å².